The summed E-state index contributed by atoms with van der Waals surface area (Å²) < 4.78 is 14.9. The first-order valence-electron chi connectivity index (χ1n) is 5.52. The van der Waals surface area contributed by atoms with Gasteiger partial charge in [0.2, 0.25) is 0 Å². The summed E-state index contributed by atoms with van der Waals surface area (Å²) in [7, 11) is 0. The third-order valence-corrected chi connectivity index (χ3v) is 3.49. The Morgan fingerprint density at radius 1 is 1.59 bits per heavy atom. The Balaban J connectivity index is 3.14. The molecule has 3 heteroatoms. The van der Waals surface area contributed by atoms with Crippen LogP contribution in [0.25, 0.3) is 0 Å². The molecular formula is C14H16FIO. The lowest BCUT2D eigenvalue weighted by molar-refractivity contribution is 0.101. The number of carbonyl (C=O) groups is 1. The molecule has 0 saturated heterocycles. The minimum atomic E-state index is -0.996. The quantitative estimate of drug-likeness (QED) is 0.436. The third-order valence-electron chi connectivity index (χ3n) is 2.82. The molecule has 0 fully saturated rings. The van der Waals surface area contributed by atoms with Crippen molar-refractivity contribution in [3.63, 3.8) is 0 Å². The van der Waals surface area contributed by atoms with Crippen LogP contribution in [0.15, 0.2) is 30.9 Å². The number of ketones is 1. The molecule has 0 heterocycles. The SMILES string of the molecule is C=CC[C@@H](F)C(C)c1cc(I)ccc1C(C)=O. The first kappa shape index (κ1) is 14.4. The number of carbonyl (C=O) groups excluding carboxylic acids is 1. The van der Waals surface area contributed by atoms with E-state index >= 15 is 0 Å². The van der Waals surface area contributed by atoms with Crippen molar-refractivity contribution >= 4 is 28.4 Å². The molecule has 1 rings (SSSR count). The maximum Gasteiger partial charge on any atom is 0.160 e. The number of hydrogen-bond acceptors (Lipinski definition) is 1. The molecule has 1 aromatic carbocycles. The number of alkyl halides is 1. The Labute approximate surface area is 115 Å². The van der Waals surface area contributed by atoms with Crippen molar-refractivity contribution in [1.29, 1.82) is 0 Å². The van der Waals surface area contributed by atoms with Gasteiger partial charge < -0.3 is 0 Å². The fraction of sp³-hybridized carbons (Fsp3) is 0.357. The highest BCUT2D eigenvalue weighted by Crippen LogP contribution is 2.28. The van der Waals surface area contributed by atoms with E-state index in [0.29, 0.717) is 12.0 Å². The summed E-state index contributed by atoms with van der Waals surface area (Å²) in [5.41, 5.74) is 1.41. The fourth-order valence-electron chi connectivity index (χ4n) is 1.79. The average molecular weight is 346 g/mol. The van der Waals surface area contributed by atoms with Gasteiger partial charge in [0, 0.05) is 15.1 Å². The standard InChI is InChI=1S/C14H16FIO/c1-4-5-14(15)9(2)13-8-11(16)6-7-12(13)10(3)17/h4,6-9,14H,1,5H2,2-3H3/t9?,14-/m1/s1. The molecule has 0 bridgehead atoms. The predicted molar refractivity (Wildman–Crippen MR) is 77.3 cm³/mol. The van der Waals surface area contributed by atoms with Gasteiger partial charge in [-0.15, -0.1) is 6.58 Å². The summed E-state index contributed by atoms with van der Waals surface area (Å²) in [6, 6.07) is 5.53. The normalized spacial score (nSPS) is 14.1. The molecule has 0 N–H and O–H groups in total. The number of rotatable bonds is 5. The predicted octanol–water partition coefficient (Wildman–Crippen LogP) is 4.51. The Morgan fingerprint density at radius 2 is 2.24 bits per heavy atom. The van der Waals surface area contributed by atoms with Crippen molar-refractivity contribution < 1.29 is 9.18 Å². The van der Waals surface area contributed by atoms with Crippen LogP contribution in [0.1, 0.15) is 42.1 Å². The van der Waals surface area contributed by atoms with Crippen molar-refractivity contribution in [3.8, 4) is 0 Å². The molecule has 0 aromatic heterocycles. The number of halogens is 2. The van der Waals surface area contributed by atoms with E-state index in [4.69, 9.17) is 0 Å². The molecule has 0 spiro atoms. The number of allylic oxidation sites excluding steroid dienone is 1. The largest absolute Gasteiger partial charge is 0.295 e. The summed E-state index contributed by atoms with van der Waals surface area (Å²) in [5, 5.41) is 0. The first-order chi connectivity index (χ1) is 7.97. The first-order valence-corrected chi connectivity index (χ1v) is 6.60. The van der Waals surface area contributed by atoms with Gasteiger partial charge in [-0.2, -0.15) is 0 Å². The van der Waals surface area contributed by atoms with Gasteiger partial charge in [0.05, 0.1) is 0 Å². The van der Waals surface area contributed by atoms with Crippen LogP contribution in [-0.2, 0) is 0 Å². The molecule has 1 nitrogen and oxygen atoms in total. The van der Waals surface area contributed by atoms with Gasteiger partial charge in [-0.1, -0.05) is 19.1 Å². The summed E-state index contributed by atoms with van der Waals surface area (Å²) in [6.07, 6.45) is 0.885. The molecule has 0 amide bonds. The Hall–Kier alpha value is -0.710. The fourth-order valence-corrected chi connectivity index (χ4v) is 2.30. The van der Waals surface area contributed by atoms with E-state index in [-0.39, 0.29) is 11.7 Å². The highest BCUT2D eigenvalue weighted by molar-refractivity contribution is 14.1. The molecule has 0 aliphatic rings. The van der Waals surface area contributed by atoms with Crippen molar-refractivity contribution in [3.05, 3.63) is 45.6 Å². The molecule has 0 saturated carbocycles. The smallest absolute Gasteiger partial charge is 0.160 e. The van der Waals surface area contributed by atoms with Gasteiger partial charge in [-0.3, -0.25) is 4.79 Å². The average Bonchev–Trinajstić information content (AvgIpc) is 2.27. The van der Waals surface area contributed by atoms with E-state index in [2.05, 4.69) is 29.2 Å². The van der Waals surface area contributed by atoms with Crippen LogP contribution in [0, 0.1) is 3.57 Å². The van der Waals surface area contributed by atoms with E-state index in [1.807, 2.05) is 19.1 Å². The highest BCUT2D eigenvalue weighted by atomic mass is 127. The second-order valence-corrected chi connectivity index (χ2v) is 5.36. The molecule has 0 aliphatic heterocycles. The Bertz CT molecular complexity index is 428. The lowest BCUT2D eigenvalue weighted by Gasteiger charge is -2.18. The van der Waals surface area contributed by atoms with Crippen molar-refractivity contribution in [2.75, 3.05) is 0 Å². The van der Waals surface area contributed by atoms with Crippen LogP contribution in [-0.4, -0.2) is 12.0 Å². The topological polar surface area (TPSA) is 17.1 Å². The van der Waals surface area contributed by atoms with Crippen LogP contribution in [0.4, 0.5) is 4.39 Å². The number of hydrogen-bond donors (Lipinski definition) is 0. The maximum absolute atomic E-state index is 13.9. The molecule has 1 aromatic rings. The molecule has 92 valence electrons. The Kier molecular flexibility index (Phi) is 5.31. The summed E-state index contributed by atoms with van der Waals surface area (Å²) in [4.78, 5) is 11.5. The minimum absolute atomic E-state index is 0.0194. The van der Waals surface area contributed by atoms with Gasteiger partial charge in [0.1, 0.15) is 6.17 Å². The van der Waals surface area contributed by atoms with E-state index in [1.165, 1.54) is 6.92 Å². The van der Waals surface area contributed by atoms with Gasteiger partial charge >= 0.3 is 0 Å². The summed E-state index contributed by atoms with van der Waals surface area (Å²) >= 11 is 2.17. The van der Waals surface area contributed by atoms with Crippen LogP contribution in [0.2, 0.25) is 0 Å². The summed E-state index contributed by atoms with van der Waals surface area (Å²) in [6.45, 7) is 6.87. The van der Waals surface area contributed by atoms with Gasteiger partial charge in [-0.05, 0) is 53.6 Å². The second kappa shape index (κ2) is 6.28. The van der Waals surface area contributed by atoms with E-state index in [0.717, 1.165) is 9.13 Å². The van der Waals surface area contributed by atoms with Gasteiger partial charge in [0.15, 0.2) is 5.78 Å². The van der Waals surface area contributed by atoms with Gasteiger partial charge in [-0.25, -0.2) is 4.39 Å². The van der Waals surface area contributed by atoms with E-state index in [9.17, 15) is 9.18 Å². The lowest BCUT2D eigenvalue weighted by Crippen LogP contribution is -2.13. The van der Waals surface area contributed by atoms with Crippen LogP contribution in [0.5, 0.6) is 0 Å². The zero-order valence-electron chi connectivity index (χ0n) is 10.0. The van der Waals surface area contributed by atoms with Crippen LogP contribution < -0.4 is 0 Å². The monoisotopic (exact) mass is 346 g/mol. The molecule has 1 unspecified atom stereocenters. The third kappa shape index (κ3) is 3.63. The lowest BCUT2D eigenvalue weighted by atomic mass is 9.89. The maximum atomic E-state index is 13.9. The molecule has 0 radical (unpaired) electrons. The van der Waals surface area contributed by atoms with Gasteiger partial charge in [0.25, 0.3) is 0 Å². The second-order valence-electron chi connectivity index (χ2n) is 4.12. The van der Waals surface area contributed by atoms with E-state index in [1.54, 1.807) is 12.1 Å². The zero-order chi connectivity index (χ0) is 13.0. The van der Waals surface area contributed by atoms with Crippen molar-refractivity contribution in [1.82, 2.24) is 0 Å². The van der Waals surface area contributed by atoms with E-state index < -0.39 is 6.17 Å². The summed E-state index contributed by atoms with van der Waals surface area (Å²) in [5.74, 6) is -0.310. The van der Waals surface area contributed by atoms with Crippen LogP contribution >= 0.6 is 22.6 Å². The zero-order valence-corrected chi connectivity index (χ0v) is 12.2. The van der Waals surface area contributed by atoms with Crippen molar-refractivity contribution in [2.24, 2.45) is 0 Å². The highest BCUT2D eigenvalue weighted by Gasteiger charge is 2.21. The Morgan fingerprint density at radius 3 is 2.76 bits per heavy atom. The molecule has 2 atom stereocenters. The number of Topliss-reactive ketones (excluding diaryl/α,β-unsaturated/α-hetero) is 1. The molecule has 17 heavy (non-hydrogen) atoms. The minimum Gasteiger partial charge on any atom is -0.295 e. The molecular weight excluding hydrogens is 330 g/mol. The number of benzene rings is 1. The van der Waals surface area contributed by atoms with Crippen LogP contribution in [0.3, 0.4) is 0 Å². The van der Waals surface area contributed by atoms with Crippen molar-refractivity contribution in [2.45, 2.75) is 32.4 Å². The molecule has 0 aliphatic carbocycles.